The van der Waals surface area contributed by atoms with Gasteiger partial charge in [0.2, 0.25) is 11.8 Å². The fraction of sp³-hybridized carbons (Fsp3) is 0.526. The number of carboxylic acids is 1. The SMILES string of the molecule is O=C(O)CC1(NC(=O)CCC2Cc3ccccc3NC2=O)CCOCC1. The second-order valence-corrected chi connectivity index (χ2v) is 7.10. The minimum absolute atomic E-state index is 0.0668. The number of para-hydroxylation sites is 1. The number of hydrogen-bond acceptors (Lipinski definition) is 4. The van der Waals surface area contributed by atoms with Gasteiger partial charge in [-0.1, -0.05) is 18.2 Å². The van der Waals surface area contributed by atoms with Crippen LogP contribution in [-0.4, -0.2) is 41.6 Å². The standard InChI is InChI=1S/C19H24N2O5/c22-16(21-19(12-17(23)24)7-9-26-10-8-19)6-5-14-11-13-3-1-2-4-15(13)20-18(14)25/h1-4,14H,5-12H2,(H,20,25)(H,21,22)(H,23,24). The monoisotopic (exact) mass is 360 g/mol. The largest absolute Gasteiger partial charge is 0.481 e. The molecule has 2 aliphatic rings. The third-order valence-electron chi connectivity index (χ3n) is 5.18. The predicted octanol–water partition coefficient (Wildman–Crippen LogP) is 1.72. The van der Waals surface area contributed by atoms with E-state index >= 15 is 0 Å². The minimum Gasteiger partial charge on any atom is -0.481 e. The molecule has 0 spiro atoms. The van der Waals surface area contributed by atoms with E-state index in [1.165, 1.54) is 0 Å². The summed E-state index contributed by atoms with van der Waals surface area (Å²) in [7, 11) is 0. The van der Waals surface area contributed by atoms with Crippen LogP contribution in [-0.2, 0) is 25.5 Å². The van der Waals surface area contributed by atoms with Gasteiger partial charge < -0.3 is 20.5 Å². The molecule has 2 heterocycles. The van der Waals surface area contributed by atoms with Gasteiger partial charge in [-0.05, 0) is 37.3 Å². The highest BCUT2D eigenvalue weighted by atomic mass is 16.5. The van der Waals surface area contributed by atoms with Crippen molar-refractivity contribution in [3.63, 3.8) is 0 Å². The van der Waals surface area contributed by atoms with Gasteiger partial charge in [0, 0.05) is 31.2 Å². The zero-order valence-corrected chi connectivity index (χ0v) is 14.6. The van der Waals surface area contributed by atoms with Crippen molar-refractivity contribution in [3.8, 4) is 0 Å². The van der Waals surface area contributed by atoms with Crippen molar-refractivity contribution in [1.82, 2.24) is 5.32 Å². The van der Waals surface area contributed by atoms with Crippen LogP contribution in [0.2, 0.25) is 0 Å². The van der Waals surface area contributed by atoms with Crippen molar-refractivity contribution in [2.75, 3.05) is 18.5 Å². The molecule has 0 saturated carbocycles. The number of rotatable bonds is 6. The molecular formula is C19H24N2O5. The number of benzene rings is 1. The van der Waals surface area contributed by atoms with Crippen LogP contribution in [0.5, 0.6) is 0 Å². The predicted molar refractivity (Wildman–Crippen MR) is 94.7 cm³/mol. The first-order valence-corrected chi connectivity index (χ1v) is 8.97. The van der Waals surface area contributed by atoms with Crippen LogP contribution >= 0.6 is 0 Å². The smallest absolute Gasteiger partial charge is 0.305 e. The highest BCUT2D eigenvalue weighted by Crippen LogP contribution is 2.28. The first-order chi connectivity index (χ1) is 12.5. The maximum absolute atomic E-state index is 12.4. The molecule has 140 valence electrons. The summed E-state index contributed by atoms with van der Waals surface area (Å²) < 4.78 is 5.29. The number of carboxylic acid groups (broad SMARTS) is 1. The second kappa shape index (κ2) is 7.86. The van der Waals surface area contributed by atoms with Crippen molar-refractivity contribution < 1.29 is 24.2 Å². The Hall–Kier alpha value is -2.41. The summed E-state index contributed by atoms with van der Waals surface area (Å²) in [4.78, 5) is 35.8. The molecule has 0 bridgehead atoms. The second-order valence-electron chi connectivity index (χ2n) is 7.10. The fourth-order valence-electron chi connectivity index (χ4n) is 3.71. The Bertz CT molecular complexity index is 697. The van der Waals surface area contributed by atoms with Crippen LogP contribution in [0.4, 0.5) is 5.69 Å². The van der Waals surface area contributed by atoms with Gasteiger partial charge in [0.1, 0.15) is 0 Å². The van der Waals surface area contributed by atoms with Crippen LogP contribution in [0.1, 0.15) is 37.7 Å². The molecule has 0 aliphatic carbocycles. The molecule has 3 rings (SSSR count). The van der Waals surface area contributed by atoms with E-state index in [0.29, 0.717) is 38.9 Å². The van der Waals surface area contributed by atoms with Gasteiger partial charge in [0.25, 0.3) is 0 Å². The summed E-state index contributed by atoms with van der Waals surface area (Å²) in [5.74, 6) is -1.46. The van der Waals surface area contributed by atoms with Crippen molar-refractivity contribution in [2.24, 2.45) is 5.92 Å². The van der Waals surface area contributed by atoms with E-state index in [4.69, 9.17) is 9.84 Å². The average molecular weight is 360 g/mol. The van der Waals surface area contributed by atoms with E-state index in [9.17, 15) is 14.4 Å². The van der Waals surface area contributed by atoms with Gasteiger partial charge >= 0.3 is 5.97 Å². The third-order valence-corrected chi connectivity index (χ3v) is 5.18. The van der Waals surface area contributed by atoms with Gasteiger partial charge in [-0.15, -0.1) is 0 Å². The molecule has 1 fully saturated rings. The molecule has 1 unspecified atom stereocenters. The van der Waals surface area contributed by atoms with E-state index in [2.05, 4.69) is 10.6 Å². The lowest BCUT2D eigenvalue weighted by Crippen LogP contribution is -2.53. The number of aliphatic carboxylic acids is 1. The molecule has 7 nitrogen and oxygen atoms in total. The Kier molecular flexibility index (Phi) is 5.56. The topological polar surface area (TPSA) is 105 Å². The molecule has 2 aliphatic heterocycles. The lowest BCUT2D eigenvalue weighted by molar-refractivity contribution is -0.140. The Labute approximate surface area is 152 Å². The van der Waals surface area contributed by atoms with Crippen molar-refractivity contribution in [3.05, 3.63) is 29.8 Å². The van der Waals surface area contributed by atoms with Crippen LogP contribution in [0.25, 0.3) is 0 Å². The summed E-state index contributed by atoms with van der Waals surface area (Å²) in [6, 6.07) is 7.66. The molecule has 1 atom stereocenters. The number of ether oxygens (including phenoxy) is 1. The maximum atomic E-state index is 12.4. The van der Waals surface area contributed by atoms with E-state index in [0.717, 1.165) is 11.3 Å². The number of anilines is 1. The Balaban J connectivity index is 1.56. The normalized spacial score (nSPS) is 21.4. The van der Waals surface area contributed by atoms with Crippen LogP contribution < -0.4 is 10.6 Å². The number of hydrogen-bond donors (Lipinski definition) is 3. The minimum atomic E-state index is -0.935. The summed E-state index contributed by atoms with van der Waals surface area (Å²) in [6.45, 7) is 0.880. The molecule has 26 heavy (non-hydrogen) atoms. The molecule has 1 saturated heterocycles. The van der Waals surface area contributed by atoms with E-state index in [1.807, 2.05) is 24.3 Å². The summed E-state index contributed by atoms with van der Waals surface area (Å²) >= 11 is 0. The van der Waals surface area contributed by atoms with Crippen LogP contribution in [0.3, 0.4) is 0 Å². The van der Waals surface area contributed by atoms with E-state index in [1.54, 1.807) is 0 Å². The number of nitrogens with one attached hydrogen (secondary N) is 2. The van der Waals surface area contributed by atoms with Gasteiger partial charge in [-0.25, -0.2) is 0 Å². The molecule has 0 radical (unpaired) electrons. The average Bonchev–Trinajstić information content (AvgIpc) is 2.60. The van der Waals surface area contributed by atoms with Crippen LogP contribution in [0.15, 0.2) is 24.3 Å². The van der Waals surface area contributed by atoms with Gasteiger partial charge in [0.05, 0.1) is 12.0 Å². The van der Waals surface area contributed by atoms with Crippen LogP contribution in [0, 0.1) is 5.92 Å². The van der Waals surface area contributed by atoms with Crippen molar-refractivity contribution in [1.29, 1.82) is 0 Å². The first-order valence-electron chi connectivity index (χ1n) is 8.97. The Morgan fingerprint density at radius 1 is 1.27 bits per heavy atom. The summed E-state index contributed by atoms with van der Waals surface area (Å²) in [5, 5.41) is 14.9. The lowest BCUT2D eigenvalue weighted by Gasteiger charge is -2.37. The fourth-order valence-corrected chi connectivity index (χ4v) is 3.71. The van der Waals surface area contributed by atoms with E-state index < -0.39 is 11.5 Å². The maximum Gasteiger partial charge on any atom is 0.305 e. The number of amides is 2. The number of carbonyl (C=O) groups is 3. The van der Waals surface area contributed by atoms with Gasteiger partial charge in [-0.2, -0.15) is 0 Å². The van der Waals surface area contributed by atoms with Gasteiger partial charge in [0.15, 0.2) is 0 Å². The molecule has 2 amide bonds. The zero-order chi connectivity index (χ0) is 18.6. The quantitative estimate of drug-likeness (QED) is 0.716. The highest BCUT2D eigenvalue weighted by molar-refractivity contribution is 5.96. The first kappa shape index (κ1) is 18.4. The molecule has 7 heteroatoms. The molecule has 0 aromatic heterocycles. The summed E-state index contributed by atoms with van der Waals surface area (Å²) in [5.41, 5.74) is 1.16. The Morgan fingerprint density at radius 3 is 2.73 bits per heavy atom. The zero-order valence-electron chi connectivity index (χ0n) is 14.6. The molecule has 3 N–H and O–H groups in total. The van der Waals surface area contributed by atoms with E-state index in [-0.39, 0.29) is 30.6 Å². The third kappa shape index (κ3) is 4.40. The number of fused-ring (bicyclic) bond motifs is 1. The molecular weight excluding hydrogens is 336 g/mol. The highest BCUT2D eigenvalue weighted by Gasteiger charge is 2.36. The number of carbonyl (C=O) groups excluding carboxylic acids is 2. The van der Waals surface area contributed by atoms with Crippen molar-refractivity contribution >= 4 is 23.5 Å². The molecule has 1 aromatic rings. The summed E-state index contributed by atoms with van der Waals surface area (Å²) in [6.07, 6.45) is 2.11. The molecule has 1 aromatic carbocycles. The lowest BCUT2D eigenvalue weighted by atomic mass is 9.85. The Morgan fingerprint density at radius 2 is 2.00 bits per heavy atom. The van der Waals surface area contributed by atoms with Crippen molar-refractivity contribution in [2.45, 2.75) is 44.1 Å². The van der Waals surface area contributed by atoms with Gasteiger partial charge in [-0.3, -0.25) is 14.4 Å².